The van der Waals surface area contributed by atoms with E-state index in [0.29, 0.717) is 31.1 Å². The van der Waals surface area contributed by atoms with Crippen LogP contribution >= 0.6 is 0 Å². The number of aromatic hydroxyl groups is 1. The van der Waals surface area contributed by atoms with Crippen LogP contribution in [0.3, 0.4) is 0 Å². The van der Waals surface area contributed by atoms with Gasteiger partial charge < -0.3 is 14.6 Å². The Balaban J connectivity index is 2.28. The van der Waals surface area contributed by atoms with E-state index in [0.717, 1.165) is 18.4 Å². The number of phenolic OH excluding ortho intramolecular Hbond substituents is 1. The average molecular weight is 280 g/mol. The maximum Gasteiger partial charge on any atom is 0.305 e. The van der Waals surface area contributed by atoms with Gasteiger partial charge >= 0.3 is 5.97 Å². The molecule has 0 unspecified atom stereocenters. The van der Waals surface area contributed by atoms with Crippen LogP contribution in [0.4, 0.5) is 0 Å². The molecule has 0 saturated heterocycles. The molecule has 0 radical (unpaired) electrons. The summed E-state index contributed by atoms with van der Waals surface area (Å²) in [4.78, 5) is 11.5. The Bertz CT molecular complexity index is 426. The summed E-state index contributed by atoms with van der Waals surface area (Å²) in [5.74, 6) is 1.02. The number of benzene rings is 1. The molecule has 112 valence electrons. The monoisotopic (exact) mass is 280 g/mol. The Labute approximate surface area is 120 Å². The molecular weight excluding hydrogens is 256 g/mol. The lowest BCUT2D eigenvalue weighted by molar-refractivity contribution is -0.143. The third-order valence-corrected chi connectivity index (χ3v) is 3.06. The van der Waals surface area contributed by atoms with Gasteiger partial charge in [0, 0.05) is 12.8 Å². The topological polar surface area (TPSA) is 55.8 Å². The zero-order chi connectivity index (χ0) is 15.0. The van der Waals surface area contributed by atoms with E-state index in [2.05, 4.69) is 13.8 Å². The van der Waals surface area contributed by atoms with Crippen LogP contribution in [0.5, 0.6) is 11.5 Å². The molecule has 4 heteroatoms. The number of methoxy groups -OCH3 is 1. The molecule has 1 N–H and O–H groups in total. The van der Waals surface area contributed by atoms with Crippen LogP contribution < -0.4 is 4.74 Å². The van der Waals surface area contributed by atoms with E-state index in [1.54, 1.807) is 18.2 Å². The first kappa shape index (κ1) is 16.3. The summed E-state index contributed by atoms with van der Waals surface area (Å²) >= 11 is 0. The van der Waals surface area contributed by atoms with E-state index in [1.807, 2.05) is 0 Å². The summed E-state index contributed by atoms with van der Waals surface area (Å²) in [5.41, 5.74) is 0.967. The summed E-state index contributed by atoms with van der Waals surface area (Å²) in [6.45, 7) is 4.64. The van der Waals surface area contributed by atoms with E-state index in [1.165, 1.54) is 7.11 Å². The van der Waals surface area contributed by atoms with E-state index in [9.17, 15) is 9.90 Å². The fraction of sp³-hybridized carbons (Fsp3) is 0.562. The highest BCUT2D eigenvalue weighted by molar-refractivity contribution is 5.69. The lowest BCUT2D eigenvalue weighted by Crippen LogP contribution is -2.08. The summed E-state index contributed by atoms with van der Waals surface area (Å²) in [7, 11) is 1.51. The van der Waals surface area contributed by atoms with Crippen LogP contribution in [-0.2, 0) is 16.0 Å². The van der Waals surface area contributed by atoms with Crippen molar-refractivity contribution in [3.8, 4) is 11.5 Å². The van der Waals surface area contributed by atoms with Crippen molar-refractivity contribution >= 4 is 5.97 Å². The molecule has 20 heavy (non-hydrogen) atoms. The van der Waals surface area contributed by atoms with Crippen molar-refractivity contribution in [2.75, 3.05) is 13.7 Å². The minimum absolute atomic E-state index is 0.113. The van der Waals surface area contributed by atoms with Gasteiger partial charge in [-0.1, -0.05) is 26.3 Å². The Morgan fingerprint density at radius 2 is 2.10 bits per heavy atom. The highest BCUT2D eigenvalue weighted by Gasteiger charge is 2.06. The van der Waals surface area contributed by atoms with Gasteiger partial charge in [0.1, 0.15) is 0 Å². The van der Waals surface area contributed by atoms with Crippen LogP contribution in [0.25, 0.3) is 0 Å². The molecule has 0 saturated carbocycles. The third-order valence-electron chi connectivity index (χ3n) is 3.06. The molecule has 0 bridgehead atoms. The Morgan fingerprint density at radius 1 is 1.35 bits per heavy atom. The first-order chi connectivity index (χ1) is 9.52. The van der Waals surface area contributed by atoms with Crippen molar-refractivity contribution in [1.82, 2.24) is 0 Å². The number of hydrogen-bond donors (Lipinski definition) is 1. The van der Waals surface area contributed by atoms with E-state index in [4.69, 9.17) is 9.47 Å². The van der Waals surface area contributed by atoms with E-state index in [-0.39, 0.29) is 11.7 Å². The first-order valence-electron chi connectivity index (χ1n) is 7.04. The number of carbonyl (C=O) groups is 1. The van der Waals surface area contributed by atoms with Crippen LogP contribution in [0.2, 0.25) is 0 Å². The molecule has 0 spiro atoms. The molecule has 1 rings (SSSR count). The number of hydrogen-bond acceptors (Lipinski definition) is 4. The predicted octanol–water partition coefficient (Wildman–Crippen LogP) is 3.31. The molecule has 0 aliphatic rings. The molecule has 0 aromatic heterocycles. The Kier molecular flexibility index (Phi) is 6.91. The molecule has 0 aliphatic carbocycles. The lowest BCUT2D eigenvalue weighted by atomic mass is 10.1. The zero-order valence-corrected chi connectivity index (χ0v) is 12.5. The van der Waals surface area contributed by atoms with Crippen molar-refractivity contribution in [2.45, 2.75) is 39.5 Å². The fourth-order valence-electron chi connectivity index (χ4n) is 1.89. The minimum Gasteiger partial charge on any atom is -0.504 e. The van der Waals surface area contributed by atoms with Gasteiger partial charge in [0.25, 0.3) is 0 Å². The fourth-order valence-corrected chi connectivity index (χ4v) is 1.89. The Hall–Kier alpha value is -1.71. The highest BCUT2D eigenvalue weighted by atomic mass is 16.5. The van der Waals surface area contributed by atoms with E-state index < -0.39 is 0 Å². The van der Waals surface area contributed by atoms with Crippen molar-refractivity contribution in [3.05, 3.63) is 23.8 Å². The van der Waals surface area contributed by atoms with Gasteiger partial charge in [-0.3, -0.25) is 4.79 Å². The molecule has 1 aromatic carbocycles. The maximum atomic E-state index is 11.5. The molecule has 0 fully saturated rings. The molecule has 0 atom stereocenters. The van der Waals surface area contributed by atoms with Gasteiger partial charge in [-0.25, -0.2) is 0 Å². The highest BCUT2D eigenvalue weighted by Crippen LogP contribution is 2.26. The van der Waals surface area contributed by atoms with Crippen LogP contribution in [-0.4, -0.2) is 24.8 Å². The smallest absolute Gasteiger partial charge is 0.305 e. The first-order valence-corrected chi connectivity index (χ1v) is 7.04. The molecule has 0 amide bonds. The SMILES string of the molecule is COc1cc(CCOC(=O)CCCC(C)C)ccc1O. The number of esters is 1. The molecule has 4 nitrogen and oxygen atoms in total. The van der Waals surface area contributed by atoms with Crippen molar-refractivity contribution in [1.29, 1.82) is 0 Å². The van der Waals surface area contributed by atoms with Gasteiger partial charge in [0.15, 0.2) is 11.5 Å². The number of ether oxygens (including phenoxy) is 2. The number of carbonyl (C=O) groups excluding carboxylic acids is 1. The second-order valence-electron chi connectivity index (χ2n) is 5.26. The standard InChI is InChI=1S/C16H24O4/c1-12(2)5-4-6-16(18)20-10-9-13-7-8-14(17)15(11-13)19-3/h7-8,11-12,17H,4-6,9-10H2,1-3H3. The zero-order valence-electron chi connectivity index (χ0n) is 12.5. The van der Waals surface area contributed by atoms with Gasteiger partial charge in [-0.15, -0.1) is 0 Å². The maximum absolute atomic E-state index is 11.5. The third kappa shape index (κ3) is 5.95. The van der Waals surface area contributed by atoms with Crippen LogP contribution in [0.1, 0.15) is 38.7 Å². The number of rotatable bonds is 8. The lowest BCUT2D eigenvalue weighted by Gasteiger charge is -2.08. The van der Waals surface area contributed by atoms with Gasteiger partial charge in [0.2, 0.25) is 0 Å². The second kappa shape index (κ2) is 8.46. The largest absolute Gasteiger partial charge is 0.504 e. The van der Waals surface area contributed by atoms with Gasteiger partial charge in [0.05, 0.1) is 13.7 Å². The summed E-state index contributed by atoms with van der Waals surface area (Å²) < 4.78 is 10.2. The average Bonchev–Trinajstić information content (AvgIpc) is 2.40. The van der Waals surface area contributed by atoms with Crippen molar-refractivity contribution < 1.29 is 19.4 Å². The van der Waals surface area contributed by atoms with Gasteiger partial charge in [-0.2, -0.15) is 0 Å². The number of phenols is 1. The van der Waals surface area contributed by atoms with Crippen molar-refractivity contribution in [3.63, 3.8) is 0 Å². The summed E-state index contributed by atoms with van der Waals surface area (Å²) in [6.07, 6.45) is 3.03. The second-order valence-corrected chi connectivity index (χ2v) is 5.26. The minimum atomic E-state index is -0.142. The molecule has 0 aliphatic heterocycles. The molecule has 1 aromatic rings. The summed E-state index contributed by atoms with van der Waals surface area (Å²) in [6, 6.07) is 5.13. The molecule has 0 heterocycles. The van der Waals surface area contributed by atoms with Crippen LogP contribution in [0.15, 0.2) is 18.2 Å². The predicted molar refractivity (Wildman–Crippen MR) is 78.0 cm³/mol. The van der Waals surface area contributed by atoms with E-state index >= 15 is 0 Å². The summed E-state index contributed by atoms with van der Waals surface area (Å²) in [5, 5.41) is 9.48. The normalized spacial score (nSPS) is 10.6. The molecular formula is C16H24O4. The van der Waals surface area contributed by atoms with Crippen LogP contribution in [0, 0.1) is 5.92 Å². The quantitative estimate of drug-likeness (QED) is 0.742. The van der Waals surface area contributed by atoms with Gasteiger partial charge in [-0.05, 0) is 30.0 Å². The Morgan fingerprint density at radius 3 is 2.75 bits per heavy atom. The van der Waals surface area contributed by atoms with Crippen molar-refractivity contribution in [2.24, 2.45) is 5.92 Å².